The number of rotatable bonds is 6. The summed E-state index contributed by atoms with van der Waals surface area (Å²) in [6.07, 6.45) is 11.5. The van der Waals surface area contributed by atoms with Gasteiger partial charge in [0.05, 0.1) is 0 Å². The van der Waals surface area contributed by atoms with Crippen LogP contribution in [0.5, 0.6) is 0 Å². The van der Waals surface area contributed by atoms with Crippen LogP contribution in [0.25, 0.3) is 0 Å². The summed E-state index contributed by atoms with van der Waals surface area (Å²) in [5, 5.41) is 8.64. The van der Waals surface area contributed by atoms with Gasteiger partial charge in [0.2, 0.25) is 0 Å². The minimum atomic E-state index is -0.664. The normalized spacial score (nSPS) is 19.6. The lowest BCUT2D eigenvalue weighted by Gasteiger charge is -2.21. The highest BCUT2D eigenvalue weighted by atomic mass is 16.4. The minimum Gasteiger partial charge on any atom is -0.481 e. The van der Waals surface area contributed by atoms with Crippen LogP contribution in [0, 0.1) is 5.92 Å². The summed E-state index contributed by atoms with van der Waals surface area (Å²) < 4.78 is 0. The minimum absolute atomic E-state index is 0.325. The highest BCUT2D eigenvalue weighted by molar-refractivity contribution is 5.66. The first-order chi connectivity index (χ1) is 8.08. The summed E-state index contributed by atoms with van der Waals surface area (Å²) in [6.45, 7) is 4.27. The van der Waals surface area contributed by atoms with E-state index in [-0.39, 0.29) is 0 Å². The predicted octanol–water partition coefficient (Wildman–Crippen LogP) is 4.32. The Hall–Kier alpha value is -1.05. The van der Waals surface area contributed by atoms with Crippen molar-refractivity contribution in [1.29, 1.82) is 0 Å². The summed E-state index contributed by atoms with van der Waals surface area (Å²) in [7, 11) is 0. The second kappa shape index (κ2) is 7.31. The van der Waals surface area contributed by atoms with E-state index in [0.717, 1.165) is 19.3 Å². The number of carbonyl (C=O) groups is 1. The first kappa shape index (κ1) is 14.0. The van der Waals surface area contributed by atoms with Crippen LogP contribution in [0.2, 0.25) is 0 Å². The predicted molar refractivity (Wildman–Crippen MR) is 71.0 cm³/mol. The Balaban J connectivity index is 2.24. The molecule has 0 saturated carbocycles. The Morgan fingerprint density at radius 3 is 2.82 bits per heavy atom. The van der Waals surface area contributed by atoms with Gasteiger partial charge in [-0.25, -0.2) is 0 Å². The van der Waals surface area contributed by atoms with Crippen molar-refractivity contribution >= 4 is 5.97 Å². The fraction of sp³-hybridized carbons (Fsp3) is 0.667. The van der Waals surface area contributed by atoms with E-state index in [2.05, 4.69) is 26.0 Å². The molecule has 1 rings (SSSR count). The highest BCUT2D eigenvalue weighted by Crippen LogP contribution is 2.29. The van der Waals surface area contributed by atoms with Gasteiger partial charge in [0, 0.05) is 6.42 Å². The average Bonchev–Trinajstić information content (AvgIpc) is 2.27. The fourth-order valence-corrected chi connectivity index (χ4v) is 2.31. The molecule has 0 radical (unpaired) electrons. The van der Waals surface area contributed by atoms with Gasteiger partial charge in [0.25, 0.3) is 0 Å². The number of hydrogen-bond acceptors (Lipinski definition) is 1. The lowest BCUT2D eigenvalue weighted by atomic mass is 9.85. The number of hydrogen-bond donors (Lipinski definition) is 1. The summed E-state index contributed by atoms with van der Waals surface area (Å²) in [6, 6.07) is 0. The van der Waals surface area contributed by atoms with Gasteiger partial charge in [-0.3, -0.25) is 4.79 Å². The SMILES string of the molecule is CC(C)=CCCC1=CCC(CCC(=O)O)CC1. The lowest BCUT2D eigenvalue weighted by Crippen LogP contribution is -2.08. The van der Waals surface area contributed by atoms with Crippen LogP contribution < -0.4 is 0 Å². The summed E-state index contributed by atoms with van der Waals surface area (Å²) in [5.74, 6) is -0.0679. The standard InChI is InChI=1S/C15H24O2/c1-12(2)4-3-5-13-6-8-14(9-7-13)10-11-15(16)17/h4,6,14H,3,5,7-11H2,1-2H3,(H,16,17). The maximum atomic E-state index is 10.5. The van der Waals surface area contributed by atoms with Crippen molar-refractivity contribution in [3.8, 4) is 0 Å². The van der Waals surface area contributed by atoms with Crippen molar-refractivity contribution in [1.82, 2.24) is 0 Å². The molecule has 0 amide bonds. The average molecular weight is 236 g/mol. The van der Waals surface area contributed by atoms with Crippen LogP contribution in [0.15, 0.2) is 23.3 Å². The number of carboxylic acid groups (broad SMARTS) is 1. The van der Waals surface area contributed by atoms with E-state index in [1.54, 1.807) is 5.57 Å². The monoisotopic (exact) mass is 236 g/mol. The van der Waals surface area contributed by atoms with Crippen LogP contribution in [0.4, 0.5) is 0 Å². The second-order valence-corrected chi connectivity index (χ2v) is 5.26. The van der Waals surface area contributed by atoms with Gasteiger partial charge < -0.3 is 5.11 Å². The van der Waals surface area contributed by atoms with Gasteiger partial charge >= 0.3 is 5.97 Å². The smallest absolute Gasteiger partial charge is 0.303 e. The zero-order chi connectivity index (χ0) is 12.7. The second-order valence-electron chi connectivity index (χ2n) is 5.26. The molecule has 0 aliphatic heterocycles. The third-order valence-corrected chi connectivity index (χ3v) is 3.40. The summed E-state index contributed by atoms with van der Waals surface area (Å²) in [5.41, 5.74) is 2.95. The number of aliphatic carboxylic acids is 1. The Kier molecular flexibility index (Phi) is 6.03. The molecule has 1 aliphatic carbocycles. The molecule has 0 fully saturated rings. The van der Waals surface area contributed by atoms with Gasteiger partial charge in [0.15, 0.2) is 0 Å². The lowest BCUT2D eigenvalue weighted by molar-refractivity contribution is -0.137. The van der Waals surface area contributed by atoms with Crippen molar-refractivity contribution in [2.75, 3.05) is 0 Å². The molecule has 96 valence electrons. The Morgan fingerprint density at radius 1 is 1.53 bits per heavy atom. The number of carboxylic acids is 1. The molecule has 1 atom stereocenters. The highest BCUT2D eigenvalue weighted by Gasteiger charge is 2.14. The van der Waals surface area contributed by atoms with Gasteiger partial charge in [-0.15, -0.1) is 0 Å². The fourth-order valence-electron chi connectivity index (χ4n) is 2.31. The van der Waals surface area contributed by atoms with Crippen molar-refractivity contribution in [2.45, 2.75) is 58.8 Å². The van der Waals surface area contributed by atoms with E-state index in [1.807, 2.05) is 0 Å². The zero-order valence-corrected chi connectivity index (χ0v) is 11.0. The van der Waals surface area contributed by atoms with Gasteiger partial charge in [-0.05, 0) is 58.3 Å². The molecule has 0 aromatic carbocycles. The first-order valence-electron chi connectivity index (χ1n) is 6.61. The van der Waals surface area contributed by atoms with Gasteiger partial charge in [-0.2, -0.15) is 0 Å². The van der Waals surface area contributed by atoms with Crippen molar-refractivity contribution in [2.24, 2.45) is 5.92 Å². The van der Waals surface area contributed by atoms with Crippen molar-refractivity contribution < 1.29 is 9.90 Å². The molecule has 0 saturated heterocycles. The topological polar surface area (TPSA) is 37.3 Å². The maximum Gasteiger partial charge on any atom is 0.303 e. The Morgan fingerprint density at radius 2 is 2.29 bits per heavy atom. The zero-order valence-electron chi connectivity index (χ0n) is 11.0. The molecule has 2 nitrogen and oxygen atoms in total. The van der Waals surface area contributed by atoms with Gasteiger partial charge in [-0.1, -0.05) is 23.3 Å². The van der Waals surface area contributed by atoms with E-state index in [0.29, 0.717) is 12.3 Å². The Bertz CT molecular complexity index is 309. The van der Waals surface area contributed by atoms with E-state index >= 15 is 0 Å². The van der Waals surface area contributed by atoms with Crippen LogP contribution in [0.3, 0.4) is 0 Å². The largest absolute Gasteiger partial charge is 0.481 e. The Labute approximate surface area is 104 Å². The van der Waals surface area contributed by atoms with E-state index in [1.165, 1.54) is 24.8 Å². The molecule has 0 spiro atoms. The van der Waals surface area contributed by atoms with E-state index < -0.39 is 5.97 Å². The summed E-state index contributed by atoms with van der Waals surface area (Å²) >= 11 is 0. The third-order valence-electron chi connectivity index (χ3n) is 3.40. The first-order valence-corrected chi connectivity index (χ1v) is 6.61. The van der Waals surface area contributed by atoms with E-state index in [9.17, 15) is 4.79 Å². The van der Waals surface area contributed by atoms with Crippen LogP contribution >= 0.6 is 0 Å². The molecule has 1 unspecified atom stereocenters. The van der Waals surface area contributed by atoms with Crippen LogP contribution in [-0.2, 0) is 4.79 Å². The molecule has 0 aromatic heterocycles. The molecule has 1 aliphatic rings. The molecule has 1 N–H and O–H groups in total. The quantitative estimate of drug-likeness (QED) is 0.697. The van der Waals surface area contributed by atoms with Crippen molar-refractivity contribution in [3.63, 3.8) is 0 Å². The number of allylic oxidation sites excluding steroid dienone is 4. The molecule has 17 heavy (non-hydrogen) atoms. The molecule has 0 aromatic rings. The van der Waals surface area contributed by atoms with Crippen LogP contribution in [0.1, 0.15) is 58.8 Å². The molecule has 0 bridgehead atoms. The molecule has 0 heterocycles. The van der Waals surface area contributed by atoms with Crippen LogP contribution in [-0.4, -0.2) is 11.1 Å². The molecular formula is C15H24O2. The van der Waals surface area contributed by atoms with Gasteiger partial charge in [0.1, 0.15) is 0 Å². The van der Waals surface area contributed by atoms with E-state index in [4.69, 9.17) is 5.11 Å². The third kappa shape index (κ3) is 6.30. The maximum absolute atomic E-state index is 10.5. The molecular weight excluding hydrogens is 212 g/mol. The molecule has 2 heteroatoms. The summed E-state index contributed by atoms with van der Waals surface area (Å²) in [4.78, 5) is 10.5. The van der Waals surface area contributed by atoms with Crippen molar-refractivity contribution in [3.05, 3.63) is 23.3 Å².